The third-order valence-electron chi connectivity index (χ3n) is 3.35. The molecule has 1 unspecified atom stereocenters. The molecule has 5 nitrogen and oxygen atoms in total. The van der Waals surface area contributed by atoms with Crippen LogP contribution in [0.15, 0.2) is 40.7 Å². The second-order valence-corrected chi connectivity index (χ2v) is 4.83. The summed E-state index contributed by atoms with van der Waals surface area (Å²) in [6.07, 6.45) is 3.46. The lowest BCUT2D eigenvalue weighted by Gasteiger charge is -2.23. The van der Waals surface area contributed by atoms with Gasteiger partial charge in [-0.3, -0.25) is 4.90 Å². The Hall–Kier alpha value is -1.65. The largest absolute Gasteiger partial charge is 0.462 e. The molecule has 0 aromatic heterocycles. The Balaban J connectivity index is 3.09. The molecule has 0 radical (unpaired) electrons. The average molecular weight is 293 g/mol. The fourth-order valence-electron chi connectivity index (χ4n) is 1.91. The molecule has 2 N–H and O–H groups in total. The Morgan fingerprint density at radius 2 is 2.19 bits per heavy atom. The number of carbonyl (C=O) groups is 1. The zero-order valence-electron chi connectivity index (χ0n) is 13.0. The van der Waals surface area contributed by atoms with Crippen LogP contribution < -0.4 is 0 Å². The van der Waals surface area contributed by atoms with Crippen LogP contribution in [0.25, 0.3) is 0 Å². The maximum absolute atomic E-state index is 11.7. The normalized spacial score (nSPS) is 18.9. The second kappa shape index (κ2) is 7.96. The smallest absolute Gasteiger partial charge is 0.339 e. The maximum atomic E-state index is 11.7. The van der Waals surface area contributed by atoms with Crippen LogP contribution in [-0.2, 0) is 9.53 Å². The Kier molecular flexibility index (Phi) is 6.59. The minimum atomic E-state index is -1.87. The summed E-state index contributed by atoms with van der Waals surface area (Å²) in [7, 11) is 2.01. The number of esters is 1. The Morgan fingerprint density at radius 3 is 2.67 bits per heavy atom. The van der Waals surface area contributed by atoms with E-state index < -0.39 is 12.3 Å². The van der Waals surface area contributed by atoms with E-state index in [9.17, 15) is 15.0 Å². The summed E-state index contributed by atoms with van der Waals surface area (Å²) in [5, 5.41) is 18.6. The highest BCUT2D eigenvalue weighted by molar-refractivity contribution is 5.90. The molecule has 0 saturated carbocycles. The van der Waals surface area contributed by atoms with Gasteiger partial charge in [-0.25, -0.2) is 4.79 Å². The first-order valence-corrected chi connectivity index (χ1v) is 7.01. The van der Waals surface area contributed by atoms with Gasteiger partial charge >= 0.3 is 5.97 Å². The zero-order valence-corrected chi connectivity index (χ0v) is 13.0. The quantitative estimate of drug-likeness (QED) is 0.333. The van der Waals surface area contributed by atoms with E-state index in [1.165, 1.54) is 6.08 Å². The second-order valence-electron chi connectivity index (χ2n) is 4.83. The van der Waals surface area contributed by atoms with E-state index in [4.69, 9.17) is 4.74 Å². The monoisotopic (exact) mass is 293 g/mol. The van der Waals surface area contributed by atoms with Crippen molar-refractivity contribution in [2.24, 2.45) is 0 Å². The Bertz CT molecular complexity index is 510. The number of hydrogen-bond donors (Lipinski definition) is 2. The van der Waals surface area contributed by atoms with Crippen molar-refractivity contribution in [2.75, 3.05) is 20.2 Å². The molecule has 21 heavy (non-hydrogen) atoms. The number of ether oxygens (including phenoxy) is 1. The van der Waals surface area contributed by atoms with Gasteiger partial charge in [-0.2, -0.15) is 0 Å². The molecule has 0 saturated heterocycles. The zero-order chi connectivity index (χ0) is 16.0. The molecular weight excluding hydrogens is 270 g/mol. The number of nitrogens with zero attached hydrogens (tertiary/aromatic N) is 1. The van der Waals surface area contributed by atoms with E-state index in [1.54, 1.807) is 6.92 Å². The van der Waals surface area contributed by atoms with E-state index >= 15 is 0 Å². The summed E-state index contributed by atoms with van der Waals surface area (Å²) in [6.45, 7) is 6.71. The minimum Gasteiger partial charge on any atom is -0.462 e. The van der Waals surface area contributed by atoms with Gasteiger partial charge in [0.1, 0.15) is 0 Å². The lowest BCUT2D eigenvalue weighted by atomic mass is 9.98. The maximum Gasteiger partial charge on any atom is 0.339 e. The summed E-state index contributed by atoms with van der Waals surface area (Å²) in [5.41, 5.74) is 4.47. The van der Waals surface area contributed by atoms with E-state index in [1.807, 2.05) is 26.1 Å². The van der Waals surface area contributed by atoms with Gasteiger partial charge in [0.05, 0.1) is 18.2 Å². The third-order valence-corrected chi connectivity index (χ3v) is 3.35. The van der Waals surface area contributed by atoms with Crippen molar-refractivity contribution >= 4 is 5.97 Å². The molecule has 0 heterocycles. The van der Waals surface area contributed by atoms with E-state index in [0.717, 1.165) is 12.1 Å². The van der Waals surface area contributed by atoms with Crippen LogP contribution >= 0.6 is 0 Å². The number of hydrogen-bond acceptors (Lipinski definition) is 5. The molecule has 5 heteroatoms. The number of rotatable bonds is 6. The molecule has 1 rings (SSSR count). The average Bonchev–Trinajstić information content (AvgIpc) is 2.44. The van der Waals surface area contributed by atoms with Crippen LogP contribution in [0.3, 0.4) is 0 Å². The molecule has 1 aliphatic carbocycles. The number of aliphatic hydroxyl groups excluding tert-OH is 1. The molecule has 0 spiro atoms. The van der Waals surface area contributed by atoms with E-state index in [-0.39, 0.29) is 18.2 Å². The number of allylic oxidation sites excluding steroid dienone is 2. The van der Waals surface area contributed by atoms with Crippen molar-refractivity contribution < 1.29 is 19.7 Å². The van der Waals surface area contributed by atoms with Crippen molar-refractivity contribution in [3.63, 3.8) is 0 Å². The van der Waals surface area contributed by atoms with Crippen LogP contribution in [0.1, 0.15) is 20.8 Å². The van der Waals surface area contributed by atoms with E-state index in [0.29, 0.717) is 5.57 Å². The standard InChI is InChI=1S/C16H23NO4/c1-5-17(4)13-8-7-12(11(3)9-13)10-14(15(18)19)16(20)21-6-2/h8-10,13,15,18-19H,5-6H2,1-4H3/b14-10+. The minimum absolute atomic E-state index is 0.150. The van der Waals surface area contributed by atoms with Crippen molar-refractivity contribution in [1.29, 1.82) is 0 Å². The van der Waals surface area contributed by atoms with Crippen LogP contribution in [0.4, 0.5) is 0 Å². The molecule has 0 amide bonds. The van der Waals surface area contributed by atoms with Crippen molar-refractivity contribution in [3.05, 3.63) is 40.7 Å². The Labute approximate surface area is 125 Å². The fraction of sp³-hybridized carbons (Fsp3) is 0.500. The Morgan fingerprint density at radius 1 is 1.52 bits per heavy atom. The predicted octanol–water partition coefficient (Wildman–Crippen LogP) is 1.15. The SMILES string of the molecule is CCOC(=O)/C(=C/C1=C=CC(N(C)CC)C=C1C)C(O)O. The lowest BCUT2D eigenvalue weighted by molar-refractivity contribution is -0.142. The summed E-state index contributed by atoms with van der Waals surface area (Å²) in [4.78, 5) is 13.8. The molecule has 0 fully saturated rings. The molecule has 0 aliphatic heterocycles. The van der Waals surface area contributed by atoms with Gasteiger partial charge in [0.15, 0.2) is 6.29 Å². The highest BCUT2D eigenvalue weighted by atomic mass is 16.5. The first-order chi connectivity index (χ1) is 9.90. The van der Waals surface area contributed by atoms with Gasteiger partial charge in [0.25, 0.3) is 0 Å². The van der Waals surface area contributed by atoms with Crippen molar-refractivity contribution in [1.82, 2.24) is 4.90 Å². The molecule has 0 bridgehead atoms. The molecule has 0 aromatic rings. The van der Waals surface area contributed by atoms with Crippen molar-refractivity contribution in [3.8, 4) is 0 Å². The highest BCUT2D eigenvalue weighted by Crippen LogP contribution is 2.20. The van der Waals surface area contributed by atoms with Crippen molar-refractivity contribution in [2.45, 2.75) is 33.1 Å². The van der Waals surface area contributed by atoms with Crippen LogP contribution in [0.2, 0.25) is 0 Å². The van der Waals surface area contributed by atoms with Crippen LogP contribution in [0, 0.1) is 0 Å². The number of aliphatic hydroxyl groups is 2. The summed E-state index contributed by atoms with van der Waals surface area (Å²) < 4.78 is 4.81. The highest BCUT2D eigenvalue weighted by Gasteiger charge is 2.20. The molecular formula is C16H23NO4. The summed E-state index contributed by atoms with van der Waals surface area (Å²) >= 11 is 0. The lowest BCUT2D eigenvalue weighted by Crippen LogP contribution is -2.29. The van der Waals surface area contributed by atoms with Gasteiger partial charge < -0.3 is 14.9 Å². The first-order valence-electron chi connectivity index (χ1n) is 7.01. The molecule has 1 atom stereocenters. The summed E-state index contributed by atoms with van der Waals surface area (Å²) in [6, 6.07) is 0.150. The van der Waals surface area contributed by atoms with E-state index in [2.05, 4.69) is 17.6 Å². The fourth-order valence-corrected chi connectivity index (χ4v) is 1.91. The number of carbonyl (C=O) groups excluding carboxylic acids is 1. The molecule has 116 valence electrons. The van der Waals surface area contributed by atoms with Crippen LogP contribution in [-0.4, -0.2) is 53.6 Å². The van der Waals surface area contributed by atoms with Gasteiger partial charge in [-0.1, -0.05) is 13.0 Å². The van der Waals surface area contributed by atoms with Crippen LogP contribution in [0.5, 0.6) is 0 Å². The van der Waals surface area contributed by atoms with Gasteiger partial charge in [0, 0.05) is 5.57 Å². The molecule has 0 aromatic carbocycles. The predicted molar refractivity (Wildman–Crippen MR) is 80.4 cm³/mol. The van der Waals surface area contributed by atoms with Gasteiger partial charge in [0.2, 0.25) is 0 Å². The number of likely N-dealkylation sites (N-methyl/N-ethyl adjacent to an activating group) is 1. The first kappa shape index (κ1) is 17.4. The third kappa shape index (κ3) is 4.69. The van der Waals surface area contributed by atoms with Gasteiger partial charge in [-0.15, -0.1) is 5.73 Å². The summed E-state index contributed by atoms with van der Waals surface area (Å²) in [5.74, 6) is -0.734. The topological polar surface area (TPSA) is 70.0 Å². The molecule has 1 aliphatic rings. The van der Waals surface area contributed by atoms with Gasteiger partial charge in [-0.05, 0) is 45.2 Å².